The molecule has 0 unspecified atom stereocenters. The second-order valence-corrected chi connectivity index (χ2v) is 14.3. The maximum atomic E-state index is 9.86. The van der Waals surface area contributed by atoms with E-state index < -0.39 is 0 Å². The molecule has 282 valence electrons. The van der Waals surface area contributed by atoms with Gasteiger partial charge in [0.05, 0.1) is 33.3 Å². The van der Waals surface area contributed by atoms with Crippen LogP contribution in [0, 0.1) is 12.3 Å². The molecule has 0 radical (unpaired) electrons. The van der Waals surface area contributed by atoms with E-state index in [2.05, 4.69) is 190 Å². The average molecular weight is 752 g/mol. The highest BCUT2D eigenvalue weighted by Gasteiger charge is 2.24. The third kappa shape index (κ3) is 5.74. The fraction of sp³-hybridized carbons (Fsp3) is 0.0755. The first-order valence-electron chi connectivity index (χ1n) is 20.0. The van der Waals surface area contributed by atoms with Gasteiger partial charge in [-0.3, -0.25) is 9.98 Å². The van der Waals surface area contributed by atoms with Gasteiger partial charge in [-0.25, -0.2) is 0 Å². The summed E-state index contributed by atoms with van der Waals surface area (Å²) in [4.78, 5) is 0. The number of para-hydroxylation sites is 4. The largest absolute Gasteiger partial charge is 0.388 e. The molecule has 58 heavy (non-hydrogen) atoms. The Morgan fingerprint density at radius 1 is 0.569 bits per heavy atom. The van der Waals surface area contributed by atoms with Crippen LogP contribution in [0.25, 0.3) is 88.8 Å². The molecule has 0 bridgehead atoms. The van der Waals surface area contributed by atoms with E-state index in [-0.39, 0.29) is 0 Å². The Balaban J connectivity index is 0.00000215. The van der Waals surface area contributed by atoms with Crippen LogP contribution < -0.4 is 5.32 Å². The van der Waals surface area contributed by atoms with E-state index in [1.54, 1.807) is 0 Å². The van der Waals surface area contributed by atoms with Crippen LogP contribution in [0.3, 0.4) is 0 Å². The van der Waals surface area contributed by atoms with Crippen molar-refractivity contribution in [3.8, 4) is 22.5 Å². The van der Waals surface area contributed by atoms with Gasteiger partial charge in [-0.05, 0) is 60.0 Å². The topological polar surface area (TPSA) is 50.7 Å². The molecule has 0 saturated carbocycles. The first kappa shape index (κ1) is 36.3. The van der Waals surface area contributed by atoms with E-state index in [1.165, 1.54) is 27.1 Å². The minimum atomic E-state index is 0.351. The SMILES string of the molecule is C=Cc1c(C)n(C(=N)/C=C(\NC)c2ccc(-c3ccccc3)cc2)c2c(-n3c4ccccc4c4ccccc43)cc(-n3c4ccccc4c4ccccc43)cc12.CC. The zero-order valence-corrected chi connectivity index (χ0v) is 33.3. The molecule has 10 aromatic rings. The number of nitrogens with one attached hydrogen (secondary N) is 2. The monoisotopic (exact) mass is 751 g/mol. The summed E-state index contributed by atoms with van der Waals surface area (Å²) in [6.07, 6.45) is 3.88. The van der Waals surface area contributed by atoms with Gasteiger partial charge in [0.2, 0.25) is 0 Å². The number of fused-ring (bicyclic) bond motifs is 7. The Hall–Kier alpha value is -7.37. The fourth-order valence-corrected chi connectivity index (χ4v) is 8.74. The van der Waals surface area contributed by atoms with Crippen molar-refractivity contribution >= 4 is 72.1 Å². The standard InChI is InChI=1S/C51H39N5.C2H6/c1-4-38-33(2)54(50(52)32-44(53-3)36-28-26-35(27-29-36)34-16-6-5-7-17-34)51-43(38)30-37(55-45-22-12-8-18-39(45)40-19-9-13-23-46(40)55)31-49(51)56-47-24-14-10-20-41(47)42-21-11-15-25-48(42)56;1-2/h4-32,52-53H,1H2,2-3H3;1-2H3/b44-32-,52-50?;. The molecule has 3 heterocycles. The Morgan fingerprint density at radius 2 is 1.03 bits per heavy atom. The summed E-state index contributed by atoms with van der Waals surface area (Å²) in [6.45, 7) is 10.4. The van der Waals surface area contributed by atoms with Crippen molar-refractivity contribution in [3.63, 3.8) is 0 Å². The van der Waals surface area contributed by atoms with Crippen LogP contribution in [0.5, 0.6) is 0 Å². The molecular formula is C53H45N5. The highest BCUT2D eigenvalue weighted by atomic mass is 15.1. The van der Waals surface area contributed by atoms with Crippen molar-refractivity contribution in [1.82, 2.24) is 19.0 Å². The molecule has 5 heteroatoms. The molecule has 10 rings (SSSR count). The van der Waals surface area contributed by atoms with Gasteiger partial charge in [-0.1, -0.05) is 154 Å². The van der Waals surface area contributed by atoms with Crippen molar-refractivity contribution in [2.75, 3.05) is 7.05 Å². The fourth-order valence-electron chi connectivity index (χ4n) is 8.74. The number of hydrogen-bond donors (Lipinski definition) is 2. The van der Waals surface area contributed by atoms with Crippen LogP contribution >= 0.6 is 0 Å². The van der Waals surface area contributed by atoms with E-state index in [4.69, 9.17) is 0 Å². The number of hydrogen-bond acceptors (Lipinski definition) is 2. The average Bonchev–Trinajstić information content (AvgIpc) is 3.91. The van der Waals surface area contributed by atoms with Crippen LogP contribution in [0.15, 0.2) is 176 Å². The van der Waals surface area contributed by atoms with E-state index in [0.29, 0.717) is 5.84 Å². The van der Waals surface area contributed by atoms with Crippen LogP contribution in [-0.4, -0.2) is 26.6 Å². The van der Waals surface area contributed by atoms with Crippen LogP contribution in [0.1, 0.15) is 30.7 Å². The Labute approximate surface area is 338 Å². The maximum absolute atomic E-state index is 9.86. The summed E-state index contributed by atoms with van der Waals surface area (Å²) >= 11 is 0. The third-order valence-electron chi connectivity index (χ3n) is 11.3. The van der Waals surface area contributed by atoms with E-state index in [9.17, 15) is 5.41 Å². The quantitative estimate of drug-likeness (QED) is 0.124. The summed E-state index contributed by atoms with van der Waals surface area (Å²) in [5.41, 5.74) is 13.6. The molecule has 2 N–H and O–H groups in total. The second kappa shape index (κ2) is 14.9. The van der Waals surface area contributed by atoms with E-state index in [0.717, 1.165) is 72.4 Å². The number of nitrogens with zero attached hydrogens (tertiary/aromatic N) is 3. The lowest BCUT2D eigenvalue weighted by Crippen LogP contribution is -2.15. The molecule has 0 spiro atoms. The number of rotatable bonds is 7. The predicted molar refractivity (Wildman–Crippen MR) is 249 cm³/mol. The Bertz CT molecular complexity index is 3100. The maximum Gasteiger partial charge on any atom is 0.131 e. The normalized spacial score (nSPS) is 11.7. The molecule has 7 aromatic carbocycles. The Kier molecular flexibility index (Phi) is 9.35. The van der Waals surface area contributed by atoms with Gasteiger partial charge in [0.1, 0.15) is 5.84 Å². The predicted octanol–water partition coefficient (Wildman–Crippen LogP) is 13.6. The van der Waals surface area contributed by atoms with E-state index >= 15 is 0 Å². The number of benzene rings is 7. The summed E-state index contributed by atoms with van der Waals surface area (Å²) in [6, 6.07) is 58.0. The van der Waals surface area contributed by atoms with Crippen molar-refractivity contribution in [1.29, 1.82) is 5.41 Å². The Morgan fingerprint density at radius 3 is 1.53 bits per heavy atom. The van der Waals surface area contributed by atoms with Crippen molar-refractivity contribution in [3.05, 3.63) is 193 Å². The van der Waals surface area contributed by atoms with Crippen LogP contribution in [-0.2, 0) is 0 Å². The molecular weight excluding hydrogens is 707 g/mol. The molecule has 0 amide bonds. The van der Waals surface area contributed by atoms with Gasteiger partial charge in [-0.15, -0.1) is 0 Å². The second-order valence-electron chi connectivity index (χ2n) is 14.3. The van der Waals surface area contributed by atoms with Crippen molar-refractivity contribution in [2.24, 2.45) is 0 Å². The molecule has 0 fully saturated rings. The summed E-state index contributed by atoms with van der Waals surface area (Å²) in [5.74, 6) is 0.351. The first-order valence-corrected chi connectivity index (χ1v) is 20.0. The minimum Gasteiger partial charge on any atom is -0.388 e. The molecule has 0 aliphatic rings. The lowest BCUT2D eigenvalue weighted by atomic mass is 10.0. The molecule has 0 saturated heterocycles. The summed E-state index contributed by atoms with van der Waals surface area (Å²) in [5, 5.41) is 19.1. The first-order chi connectivity index (χ1) is 28.6. The van der Waals surface area contributed by atoms with Gasteiger partial charge < -0.3 is 14.5 Å². The highest BCUT2D eigenvalue weighted by molar-refractivity contribution is 6.14. The zero-order chi connectivity index (χ0) is 39.9. The van der Waals surface area contributed by atoms with Crippen molar-refractivity contribution in [2.45, 2.75) is 20.8 Å². The van der Waals surface area contributed by atoms with Crippen molar-refractivity contribution < 1.29 is 0 Å². The van der Waals surface area contributed by atoms with Gasteiger partial charge in [0.15, 0.2) is 0 Å². The summed E-state index contributed by atoms with van der Waals surface area (Å²) in [7, 11) is 1.92. The van der Waals surface area contributed by atoms with E-state index in [1.807, 2.05) is 39.1 Å². The highest BCUT2D eigenvalue weighted by Crippen LogP contribution is 2.41. The number of allylic oxidation sites excluding steroid dienone is 1. The van der Waals surface area contributed by atoms with Gasteiger partial charge in [0.25, 0.3) is 0 Å². The smallest absolute Gasteiger partial charge is 0.131 e. The molecule has 0 aliphatic carbocycles. The van der Waals surface area contributed by atoms with Gasteiger partial charge in [-0.2, -0.15) is 0 Å². The van der Waals surface area contributed by atoms with Crippen LogP contribution in [0.2, 0.25) is 0 Å². The minimum absolute atomic E-state index is 0.351. The third-order valence-corrected chi connectivity index (χ3v) is 11.3. The van der Waals surface area contributed by atoms with Gasteiger partial charge in [0, 0.05) is 62.7 Å². The molecule has 0 atom stereocenters. The molecule has 3 aromatic heterocycles. The lowest BCUT2D eigenvalue weighted by Gasteiger charge is -2.17. The van der Waals surface area contributed by atoms with Crippen LogP contribution in [0.4, 0.5) is 0 Å². The molecule has 5 nitrogen and oxygen atoms in total. The lowest BCUT2D eigenvalue weighted by molar-refractivity contribution is 1.07. The molecule has 0 aliphatic heterocycles. The number of aromatic nitrogens is 3. The summed E-state index contributed by atoms with van der Waals surface area (Å²) < 4.78 is 6.85. The van der Waals surface area contributed by atoms with Gasteiger partial charge >= 0.3 is 0 Å². The zero-order valence-electron chi connectivity index (χ0n) is 33.3.